The summed E-state index contributed by atoms with van der Waals surface area (Å²) in [7, 11) is 0. The van der Waals surface area contributed by atoms with Crippen molar-refractivity contribution in [1.29, 1.82) is 0 Å². The smallest absolute Gasteiger partial charge is 0.0682 e. The van der Waals surface area contributed by atoms with E-state index in [0.29, 0.717) is 0 Å². The molecule has 4 aromatic rings. The summed E-state index contributed by atoms with van der Waals surface area (Å²) in [6.07, 6.45) is 8.84. The zero-order valence-corrected chi connectivity index (χ0v) is 28.0. The Morgan fingerprint density at radius 2 is 1.21 bits per heavy atom. The monoisotopic (exact) mass is 568 g/mol. The van der Waals surface area contributed by atoms with Crippen LogP contribution >= 0.6 is 0 Å². The standard InChI is InChI=1S/2C10H11N.C9H10N2.3C3H8/c1-2-10-9-6-4-3-5-8(9)7-11-10;1-2-9-7-8-5-3-4-6-10(8)11-9;1-2-11-9-6-4-3-5-8(9)7-10-11;3*1-3-2/h2*3-6H,2,7H2,1H3;3-7H,2H2,1H3;3*3H2,1-2H3. The largest absolute Gasteiger partial charge is 0.284 e. The number of benzene rings is 3. The summed E-state index contributed by atoms with van der Waals surface area (Å²) in [4.78, 5) is 8.93. The van der Waals surface area contributed by atoms with Crippen LogP contribution in [0.25, 0.3) is 10.9 Å². The summed E-state index contributed by atoms with van der Waals surface area (Å²) in [5.41, 5.74) is 9.08. The van der Waals surface area contributed by atoms with Crippen molar-refractivity contribution in [3.63, 3.8) is 0 Å². The van der Waals surface area contributed by atoms with Gasteiger partial charge in [0, 0.05) is 35.3 Å². The van der Waals surface area contributed by atoms with Crippen LogP contribution in [-0.4, -0.2) is 21.2 Å². The van der Waals surface area contributed by atoms with Gasteiger partial charge in [-0.2, -0.15) is 5.10 Å². The molecule has 3 heterocycles. The quantitative estimate of drug-likeness (QED) is 0.242. The van der Waals surface area contributed by atoms with Gasteiger partial charge in [0.1, 0.15) is 0 Å². The number of fused-ring (bicyclic) bond motifs is 3. The van der Waals surface area contributed by atoms with E-state index in [-0.39, 0.29) is 0 Å². The maximum absolute atomic E-state index is 4.49. The second kappa shape index (κ2) is 22.1. The molecule has 0 radical (unpaired) electrons. The predicted molar refractivity (Wildman–Crippen MR) is 188 cm³/mol. The number of aliphatic imine (C=N–C) groups is 2. The normalized spacial score (nSPS) is 11.6. The second-order valence-electron chi connectivity index (χ2n) is 10.3. The summed E-state index contributed by atoms with van der Waals surface area (Å²) in [5, 5.41) is 5.45. The highest BCUT2D eigenvalue weighted by Gasteiger charge is 2.12. The van der Waals surface area contributed by atoms with Crippen molar-refractivity contribution < 1.29 is 0 Å². The van der Waals surface area contributed by atoms with Crippen molar-refractivity contribution >= 4 is 28.0 Å². The molecule has 0 atom stereocenters. The Morgan fingerprint density at radius 1 is 0.643 bits per heavy atom. The molecule has 2 aliphatic rings. The van der Waals surface area contributed by atoms with E-state index < -0.39 is 0 Å². The molecule has 0 N–H and O–H groups in total. The van der Waals surface area contributed by atoms with Gasteiger partial charge in [0.2, 0.25) is 0 Å². The highest BCUT2D eigenvalue weighted by molar-refractivity contribution is 6.03. The summed E-state index contributed by atoms with van der Waals surface area (Å²) in [5.74, 6) is 0. The molecule has 0 spiro atoms. The second-order valence-corrected chi connectivity index (χ2v) is 10.3. The molecule has 0 amide bonds. The number of nitrogens with zero attached hydrogens (tertiary/aromatic N) is 4. The van der Waals surface area contributed by atoms with E-state index in [1.54, 1.807) is 0 Å². The number of para-hydroxylation sites is 2. The number of rotatable bonds is 3. The van der Waals surface area contributed by atoms with E-state index in [4.69, 9.17) is 0 Å². The van der Waals surface area contributed by atoms with Crippen LogP contribution in [0.3, 0.4) is 0 Å². The third-order valence-corrected chi connectivity index (χ3v) is 6.03. The van der Waals surface area contributed by atoms with Gasteiger partial charge in [0.15, 0.2) is 0 Å². The molecule has 0 aliphatic carbocycles. The first-order valence-electron chi connectivity index (χ1n) is 16.1. The molecule has 0 fully saturated rings. The topological polar surface area (TPSA) is 42.5 Å². The zero-order chi connectivity index (χ0) is 31.2. The minimum atomic E-state index is 0.888. The highest BCUT2D eigenvalue weighted by atomic mass is 15.3. The third kappa shape index (κ3) is 12.1. The summed E-state index contributed by atoms with van der Waals surface area (Å²) < 4.78 is 2.00. The van der Waals surface area contributed by atoms with E-state index in [2.05, 4.69) is 132 Å². The van der Waals surface area contributed by atoms with Crippen LogP contribution in [0.5, 0.6) is 0 Å². The van der Waals surface area contributed by atoms with Crippen molar-refractivity contribution in [2.45, 2.75) is 114 Å². The first kappa shape index (κ1) is 36.5. The molecule has 1 aromatic heterocycles. The van der Waals surface area contributed by atoms with Crippen LogP contribution in [0.4, 0.5) is 5.69 Å². The average molecular weight is 569 g/mol. The Hall–Kier alpha value is -3.53. The van der Waals surface area contributed by atoms with E-state index in [1.165, 1.54) is 64.0 Å². The molecule has 4 nitrogen and oxygen atoms in total. The lowest BCUT2D eigenvalue weighted by atomic mass is 10.1. The van der Waals surface area contributed by atoms with Gasteiger partial charge in [-0.1, -0.05) is 135 Å². The molecule has 0 bridgehead atoms. The Morgan fingerprint density at radius 3 is 1.81 bits per heavy atom. The molecule has 6 rings (SSSR count). The Bertz CT molecular complexity index is 1320. The molecule has 228 valence electrons. The van der Waals surface area contributed by atoms with Gasteiger partial charge in [-0.3, -0.25) is 14.7 Å². The number of aryl methyl sites for hydroxylation is 1. The number of hydrogen-bond acceptors (Lipinski definition) is 3. The Balaban J connectivity index is 0.000000276. The summed E-state index contributed by atoms with van der Waals surface area (Å²) >= 11 is 0. The Kier molecular flexibility index (Phi) is 19.2. The first-order chi connectivity index (χ1) is 20.5. The summed E-state index contributed by atoms with van der Waals surface area (Å²) in [6.45, 7) is 21.0. The lowest BCUT2D eigenvalue weighted by Crippen LogP contribution is -1.94. The minimum Gasteiger partial charge on any atom is -0.284 e. The van der Waals surface area contributed by atoms with Gasteiger partial charge in [-0.15, -0.1) is 0 Å². The van der Waals surface area contributed by atoms with Gasteiger partial charge < -0.3 is 0 Å². The molecular weight excluding hydrogens is 512 g/mol. The van der Waals surface area contributed by atoms with Gasteiger partial charge in [0.05, 0.1) is 23.9 Å². The van der Waals surface area contributed by atoms with Crippen LogP contribution < -0.4 is 0 Å². The molecule has 42 heavy (non-hydrogen) atoms. The van der Waals surface area contributed by atoms with E-state index in [0.717, 1.165) is 32.4 Å². The van der Waals surface area contributed by atoms with Crippen molar-refractivity contribution in [2.75, 3.05) is 0 Å². The molecule has 0 saturated heterocycles. The summed E-state index contributed by atoms with van der Waals surface area (Å²) in [6, 6.07) is 25.1. The lowest BCUT2D eigenvalue weighted by molar-refractivity contribution is 0.684. The minimum absolute atomic E-state index is 0.888. The maximum Gasteiger partial charge on any atom is 0.0682 e. The van der Waals surface area contributed by atoms with E-state index in [9.17, 15) is 0 Å². The van der Waals surface area contributed by atoms with Crippen LogP contribution in [0.15, 0.2) is 89.0 Å². The van der Waals surface area contributed by atoms with Crippen molar-refractivity contribution in [2.24, 2.45) is 9.98 Å². The highest BCUT2D eigenvalue weighted by Crippen LogP contribution is 2.26. The van der Waals surface area contributed by atoms with Crippen LogP contribution in [-0.2, 0) is 19.5 Å². The fraction of sp³-hybridized carbons (Fsp3) is 0.447. The Labute approximate surface area is 257 Å². The fourth-order valence-electron chi connectivity index (χ4n) is 4.19. The van der Waals surface area contributed by atoms with Gasteiger partial charge >= 0.3 is 0 Å². The fourth-order valence-corrected chi connectivity index (χ4v) is 4.19. The van der Waals surface area contributed by atoms with E-state index >= 15 is 0 Å². The lowest BCUT2D eigenvalue weighted by Gasteiger charge is -1.97. The number of hydrogen-bond donors (Lipinski definition) is 0. The predicted octanol–water partition coefficient (Wildman–Crippen LogP) is 11.4. The SMILES string of the molecule is CCC.CCC.CCC.CCC1=NCc2ccccc21.CCC1=Nc2ccccc2C1.CCn1ncc2ccccc21. The zero-order valence-electron chi connectivity index (χ0n) is 28.0. The molecule has 3 aromatic carbocycles. The first-order valence-corrected chi connectivity index (χ1v) is 16.1. The molecule has 4 heteroatoms. The third-order valence-electron chi connectivity index (χ3n) is 6.03. The van der Waals surface area contributed by atoms with E-state index in [1.807, 2.05) is 29.1 Å². The van der Waals surface area contributed by atoms with Crippen molar-refractivity contribution in [3.05, 3.63) is 95.7 Å². The molecule has 2 aliphatic heterocycles. The van der Waals surface area contributed by atoms with Crippen molar-refractivity contribution in [3.8, 4) is 0 Å². The van der Waals surface area contributed by atoms with Gasteiger partial charge in [-0.25, -0.2) is 0 Å². The van der Waals surface area contributed by atoms with Crippen LogP contribution in [0.1, 0.15) is 111 Å². The molecule has 0 unspecified atom stereocenters. The van der Waals surface area contributed by atoms with Crippen LogP contribution in [0, 0.1) is 0 Å². The molecule has 0 saturated carbocycles. The maximum atomic E-state index is 4.49. The number of aromatic nitrogens is 2. The van der Waals surface area contributed by atoms with Gasteiger partial charge in [-0.05, 0) is 43.0 Å². The average Bonchev–Trinajstić information content (AvgIpc) is 3.75. The molecular formula is C38H56N4. The van der Waals surface area contributed by atoms with Gasteiger partial charge in [0.25, 0.3) is 0 Å². The van der Waals surface area contributed by atoms with Crippen molar-refractivity contribution in [1.82, 2.24) is 9.78 Å². The van der Waals surface area contributed by atoms with Crippen LogP contribution in [0.2, 0.25) is 0 Å².